The Balaban J connectivity index is 1.73. The van der Waals surface area contributed by atoms with Gasteiger partial charge in [0, 0.05) is 0 Å². The van der Waals surface area contributed by atoms with Crippen LogP contribution in [0.25, 0.3) is 32.3 Å². The first-order valence-corrected chi connectivity index (χ1v) is 9.19. The molecule has 0 heteroatoms. The predicted octanol–water partition coefficient (Wildman–Crippen LogP) is 7.27. The summed E-state index contributed by atoms with van der Waals surface area (Å²) >= 11 is 0. The van der Waals surface area contributed by atoms with Crippen LogP contribution in [0.1, 0.15) is 38.2 Å². The average Bonchev–Trinajstić information content (AvgIpc) is 2.61. The second kappa shape index (κ2) is 6.65. The van der Waals surface area contributed by atoms with Gasteiger partial charge in [0.15, 0.2) is 0 Å². The van der Waals surface area contributed by atoms with Crippen LogP contribution < -0.4 is 0 Å². The first kappa shape index (κ1) is 15.2. The summed E-state index contributed by atoms with van der Waals surface area (Å²) in [7, 11) is 0. The lowest BCUT2D eigenvalue weighted by molar-refractivity contribution is 0.667. The molecule has 0 heterocycles. The lowest BCUT2D eigenvalue weighted by Crippen LogP contribution is -1.87. The highest BCUT2D eigenvalue weighted by Gasteiger charge is 2.02. The standard InChI is InChI=1S/C24H24/c1-2-3-4-5-8-18-11-12-21-16-23-14-19-9-6-7-10-20(19)15-24(23)17-22(21)13-18/h6-7,9-17H,2-5,8H2,1H3. The zero-order valence-electron chi connectivity index (χ0n) is 14.4. The number of hydrogen-bond acceptors (Lipinski definition) is 0. The van der Waals surface area contributed by atoms with E-state index >= 15 is 0 Å². The fourth-order valence-corrected chi connectivity index (χ4v) is 3.65. The van der Waals surface area contributed by atoms with E-state index in [2.05, 4.69) is 73.7 Å². The quantitative estimate of drug-likeness (QED) is 0.268. The lowest BCUT2D eigenvalue weighted by Gasteiger charge is -2.07. The Labute approximate surface area is 144 Å². The molecule has 4 aromatic rings. The third-order valence-corrected chi connectivity index (χ3v) is 5.04. The maximum absolute atomic E-state index is 2.38. The minimum atomic E-state index is 1.20. The van der Waals surface area contributed by atoms with Crippen LogP contribution in [0.4, 0.5) is 0 Å². The second-order valence-corrected chi connectivity index (χ2v) is 6.89. The topological polar surface area (TPSA) is 0 Å². The molecule has 4 aromatic carbocycles. The molecule has 0 unspecified atom stereocenters. The number of fused-ring (bicyclic) bond motifs is 3. The highest BCUT2D eigenvalue weighted by Crippen LogP contribution is 2.28. The molecule has 120 valence electrons. The van der Waals surface area contributed by atoms with Gasteiger partial charge in [-0.15, -0.1) is 0 Å². The van der Waals surface area contributed by atoms with Gasteiger partial charge in [0.05, 0.1) is 0 Å². The van der Waals surface area contributed by atoms with Crippen LogP contribution in [0, 0.1) is 0 Å². The van der Waals surface area contributed by atoms with Crippen LogP contribution in [-0.2, 0) is 6.42 Å². The maximum atomic E-state index is 2.38. The van der Waals surface area contributed by atoms with Gasteiger partial charge in [-0.2, -0.15) is 0 Å². The van der Waals surface area contributed by atoms with Crippen molar-refractivity contribution in [2.75, 3.05) is 0 Å². The molecule has 4 rings (SSSR count). The molecule has 0 saturated carbocycles. The molecule has 0 aliphatic rings. The monoisotopic (exact) mass is 312 g/mol. The summed E-state index contributed by atoms with van der Waals surface area (Å²) in [5.41, 5.74) is 1.47. The summed E-state index contributed by atoms with van der Waals surface area (Å²) < 4.78 is 0. The fourth-order valence-electron chi connectivity index (χ4n) is 3.65. The van der Waals surface area contributed by atoms with Crippen molar-refractivity contribution in [2.45, 2.75) is 39.0 Å². The van der Waals surface area contributed by atoms with E-state index < -0.39 is 0 Å². The van der Waals surface area contributed by atoms with E-state index in [1.165, 1.54) is 70.0 Å². The largest absolute Gasteiger partial charge is 0.0654 e. The Morgan fingerprint density at radius 1 is 0.542 bits per heavy atom. The predicted molar refractivity (Wildman–Crippen MR) is 107 cm³/mol. The van der Waals surface area contributed by atoms with Crippen LogP contribution in [0.15, 0.2) is 66.7 Å². The van der Waals surface area contributed by atoms with Gasteiger partial charge >= 0.3 is 0 Å². The fraction of sp³-hybridized carbons (Fsp3) is 0.250. The first-order valence-electron chi connectivity index (χ1n) is 9.19. The number of hydrogen-bond donors (Lipinski definition) is 0. The van der Waals surface area contributed by atoms with E-state index in [0.29, 0.717) is 0 Å². The van der Waals surface area contributed by atoms with Gasteiger partial charge < -0.3 is 0 Å². The molecule has 0 radical (unpaired) electrons. The van der Waals surface area contributed by atoms with Crippen molar-refractivity contribution < 1.29 is 0 Å². The van der Waals surface area contributed by atoms with Crippen LogP contribution in [-0.4, -0.2) is 0 Å². The summed E-state index contributed by atoms with van der Waals surface area (Å²) in [5, 5.41) is 8.01. The molecule has 0 aliphatic heterocycles. The number of rotatable bonds is 5. The van der Waals surface area contributed by atoms with Crippen LogP contribution in [0.2, 0.25) is 0 Å². The molecule has 0 spiro atoms. The summed E-state index contributed by atoms with van der Waals surface area (Å²) in [6.45, 7) is 2.27. The van der Waals surface area contributed by atoms with Crippen molar-refractivity contribution in [3.63, 3.8) is 0 Å². The Kier molecular flexibility index (Phi) is 4.21. The summed E-state index contributed by atoms with van der Waals surface area (Å²) in [4.78, 5) is 0. The van der Waals surface area contributed by atoms with Crippen molar-refractivity contribution in [1.82, 2.24) is 0 Å². The molecule has 0 saturated heterocycles. The summed E-state index contributed by atoms with van der Waals surface area (Å²) in [6, 6.07) is 24.9. The van der Waals surface area contributed by atoms with E-state index in [0.717, 1.165) is 0 Å². The Morgan fingerprint density at radius 2 is 1.12 bits per heavy atom. The second-order valence-electron chi connectivity index (χ2n) is 6.89. The van der Waals surface area contributed by atoms with Gasteiger partial charge in [0.1, 0.15) is 0 Å². The highest BCUT2D eigenvalue weighted by molar-refractivity contribution is 6.04. The minimum absolute atomic E-state index is 1.20. The Hall–Kier alpha value is -2.34. The van der Waals surface area contributed by atoms with Crippen molar-refractivity contribution >= 4 is 32.3 Å². The maximum Gasteiger partial charge on any atom is -0.0171 e. The third-order valence-electron chi connectivity index (χ3n) is 5.04. The smallest absolute Gasteiger partial charge is 0.0171 e. The van der Waals surface area contributed by atoms with Crippen LogP contribution in [0.3, 0.4) is 0 Å². The van der Waals surface area contributed by atoms with Crippen molar-refractivity contribution in [2.24, 2.45) is 0 Å². The van der Waals surface area contributed by atoms with Crippen molar-refractivity contribution in [3.05, 3.63) is 72.3 Å². The van der Waals surface area contributed by atoms with Crippen LogP contribution >= 0.6 is 0 Å². The molecular formula is C24H24. The van der Waals surface area contributed by atoms with Gasteiger partial charge in [0.2, 0.25) is 0 Å². The van der Waals surface area contributed by atoms with E-state index in [-0.39, 0.29) is 0 Å². The van der Waals surface area contributed by atoms with Gasteiger partial charge in [0.25, 0.3) is 0 Å². The summed E-state index contributed by atoms with van der Waals surface area (Å²) in [5.74, 6) is 0. The van der Waals surface area contributed by atoms with E-state index in [1.54, 1.807) is 0 Å². The lowest BCUT2D eigenvalue weighted by atomic mass is 9.97. The molecule has 0 aliphatic carbocycles. The molecule has 24 heavy (non-hydrogen) atoms. The summed E-state index contributed by atoms with van der Waals surface area (Å²) in [6.07, 6.45) is 6.50. The van der Waals surface area contributed by atoms with E-state index in [1.807, 2.05) is 0 Å². The molecule has 0 atom stereocenters. The molecule has 0 bridgehead atoms. The third kappa shape index (κ3) is 3.01. The molecule has 0 aromatic heterocycles. The zero-order chi connectivity index (χ0) is 16.4. The van der Waals surface area contributed by atoms with Crippen molar-refractivity contribution in [3.8, 4) is 0 Å². The molecule has 0 N–H and O–H groups in total. The molecule has 0 nitrogen and oxygen atoms in total. The Morgan fingerprint density at radius 3 is 1.79 bits per heavy atom. The van der Waals surface area contributed by atoms with Gasteiger partial charge in [-0.05, 0) is 75.0 Å². The molecule has 0 fully saturated rings. The van der Waals surface area contributed by atoms with Gasteiger partial charge in [-0.1, -0.05) is 68.7 Å². The number of unbranched alkanes of at least 4 members (excludes halogenated alkanes) is 3. The highest BCUT2D eigenvalue weighted by atomic mass is 14.1. The minimum Gasteiger partial charge on any atom is -0.0654 e. The average molecular weight is 312 g/mol. The molecular weight excluding hydrogens is 288 g/mol. The van der Waals surface area contributed by atoms with E-state index in [4.69, 9.17) is 0 Å². The normalized spacial score (nSPS) is 11.5. The van der Waals surface area contributed by atoms with Gasteiger partial charge in [-0.25, -0.2) is 0 Å². The first-order chi connectivity index (χ1) is 11.8. The Bertz CT molecular complexity index is 995. The molecule has 0 amide bonds. The SMILES string of the molecule is CCCCCCc1ccc2cc3cc4ccccc4cc3cc2c1. The van der Waals surface area contributed by atoms with E-state index in [9.17, 15) is 0 Å². The van der Waals surface area contributed by atoms with Crippen molar-refractivity contribution in [1.29, 1.82) is 0 Å². The zero-order valence-corrected chi connectivity index (χ0v) is 14.4. The van der Waals surface area contributed by atoms with Gasteiger partial charge in [-0.3, -0.25) is 0 Å². The number of aryl methyl sites for hydroxylation is 1. The van der Waals surface area contributed by atoms with Crippen LogP contribution in [0.5, 0.6) is 0 Å². The number of benzene rings is 4.